The minimum absolute atomic E-state index is 0.0235. The summed E-state index contributed by atoms with van der Waals surface area (Å²) >= 11 is 0. The van der Waals surface area contributed by atoms with Crippen LogP contribution in [0.25, 0.3) is 10.8 Å². The first-order valence-electron chi connectivity index (χ1n) is 9.44. The summed E-state index contributed by atoms with van der Waals surface area (Å²) in [6, 6.07) is 12.3. The van der Waals surface area contributed by atoms with E-state index in [2.05, 4.69) is 5.10 Å². The Labute approximate surface area is 175 Å². The average molecular weight is 429 g/mol. The molecule has 1 unspecified atom stereocenters. The number of nitrogens with zero attached hydrogens (tertiary/aromatic N) is 3. The summed E-state index contributed by atoms with van der Waals surface area (Å²) in [4.78, 5) is 27.5. The number of carbonyl (C=O) groups excluding carboxylic acids is 1. The zero-order chi connectivity index (χ0) is 22.2. The SMILES string of the molecule is CC(c1cccc(S(N)(=O)=O)c1)N(C)C(=O)c1nn(C(C)C)c(=O)c2ccccc12. The summed E-state index contributed by atoms with van der Waals surface area (Å²) < 4.78 is 24.6. The van der Waals surface area contributed by atoms with Gasteiger partial charge in [0.05, 0.1) is 22.4 Å². The van der Waals surface area contributed by atoms with Gasteiger partial charge in [-0.3, -0.25) is 9.59 Å². The van der Waals surface area contributed by atoms with Crippen molar-refractivity contribution in [3.8, 4) is 0 Å². The third kappa shape index (κ3) is 3.99. The van der Waals surface area contributed by atoms with Crippen LogP contribution in [0.5, 0.6) is 0 Å². The lowest BCUT2D eigenvalue weighted by atomic mass is 10.1. The number of sulfonamides is 1. The lowest BCUT2D eigenvalue weighted by molar-refractivity contribution is 0.0735. The number of benzene rings is 2. The number of amides is 1. The number of nitrogens with two attached hydrogens (primary N) is 1. The van der Waals surface area contributed by atoms with E-state index in [1.165, 1.54) is 21.7 Å². The van der Waals surface area contributed by atoms with Gasteiger partial charge in [0, 0.05) is 12.4 Å². The normalized spacial score (nSPS) is 12.9. The van der Waals surface area contributed by atoms with Gasteiger partial charge in [-0.05, 0) is 44.5 Å². The molecule has 1 amide bonds. The predicted molar refractivity (Wildman–Crippen MR) is 115 cm³/mol. The highest BCUT2D eigenvalue weighted by Crippen LogP contribution is 2.24. The van der Waals surface area contributed by atoms with E-state index in [4.69, 9.17) is 5.14 Å². The van der Waals surface area contributed by atoms with E-state index in [0.29, 0.717) is 16.3 Å². The lowest BCUT2D eigenvalue weighted by Gasteiger charge is -2.26. The molecule has 8 nitrogen and oxygen atoms in total. The summed E-state index contributed by atoms with van der Waals surface area (Å²) in [5.41, 5.74) is 0.517. The number of carbonyl (C=O) groups is 1. The second kappa shape index (κ2) is 8.00. The van der Waals surface area contributed by atoms with Crippen molar-refractivity contribution in [2.75, 3.05) is 7.05 Å². The van der Waals surface area contributed by atoms with Crippen LogP contribution in [-0.2, 0) is 10.0 Å². The van der Waals surface area contributed by atoms with Gasteiger partial charge in [0.2, 0.25) is 10.0 Å². The van der Waals surface area contributed by atoms with Crippen LogP contribution >= 0.6 is 0 Å². The van der Waals surface area contributed by atoms with Crippen LogP contribution in [-0.4, -0.2) is 36.1 Å². The monoisotopic (exact) mass is 428 g/mol. The molecule has 1 aromatic heterocycles. The second-order valence-corrected chi connectivity index (χ2v) is 9.01. The number of aromatic nitrogens is 2. The minimum Gasteiger partial charge on any atom is -0.334 e. The quantitative estimate of drug-likeness (QED) is 0.670. The van der Waals surface area contributed by atoms with E-state index < -0.39 is 16.1 Å². The predicted octanol–water partition coefficient (Wildman–Crippen LogP) is 2.46. The van der Waals surface area contributed by atoms with Crippen molar-refractivity contribution in [2.45, 2.75) is 37.8 Å². The molecule has 30 heavy (non-hydrogen) atoms. The molecular formula is C21H24N4O4S. The van der Waals surface area contributed by atoms with Crippen molar-refractivity contribution in [2.24, 2.45) is 5.14 Å². The molecule has 0 bridgehead atoms. The highest BCUT2D eigenvalue weighted by molar-refractivity contribution is 7.89. The maximum atomic E-state index is 13.3. The van der Waals surface area contributed by atoms with Gasteiger partial charge >= 0.3 is 0 Å². The van der Waals surface area contributed by atoms with E-state index in [1.807, 2.05) is 13.8 Å². The fourth-order valence-electron chi connectivity index (χ4n) is 3.23. The van der Waals surface area contributed by atoms with Gasteiger partial charge in [0.1, 0.15) is 0 Å². The number of hydrogen-bond acceptors (Lipinski definition) is 5. The molecule has 1 heterocycles. The second-order valence-electron chi connectivity index (χ2n) is 7.45. The van der Waals surface area contributed by atoms with Gasteiger partial charge in [-0.25, -0.2) is 18.2 Å². The van der Waals surface area contributed by atoms with Crippen molar-refractivity contribution in [3.63, 3.8) is 0 Å². The largest absolute Gasteiger partial charge is 0.334 e. The molecule has 0 fully saturated rings. The lowest BCUT2D eigenvalue weighted by Crippen LogP contribution is -2.34. The fourth-order valence-corrected chi connectivity index (χ4v) is 3.80. The first-order chi connectivity index (χ1) is 14.0. The van der Waals surface area contributed by atoms with E-state index in [-0.39, 0.29) is 28.1 Å². The molecule has 3 aromatic rings. The Morgan fingerprint density at radius 1 is 1.07 bits per heavy atom. The van der Waals surface area contributed by atoms with Crippen molar-refractivity contribution in [1.82, 2.24) is 14.7 Å². The number of hydrogen-bond donors (Lipinski definition) is 1. The standard InChI is InChI=1S/C21H24N4O4S/c1-13(2)25-20(26)18-11-6-5-10-17(18)19(23-25)21(27)24(4)14(3)15-8-7-9-16(12-15)30(22,28)29/h5-14H,1-4H3,(H2,22,28,29). The molecule has 0 aliphatic heterocycles. The molecule has 0 radical (unpaired) electrons. The van der Waals surface area contributed by atoms with Crippen LogP contribution in [0.2, 0.25) is 0 Å². The van der Waals surface area contributed by atoms with Gasteiger partial charge in [-0.15, -0.1) is 0 Å². The summed E-state index contributed by atoms with van der Waals surface area (Å²) in [5, 5.41) is 10.5. The van der Waals surface area contributed by atoms with Crippen LogP contribution in [0.1, 0.15) is 48.9 Å². The number of fused-ring (bicyclic) bond motifs is 1. The van der Waals surface area contributed by atoms with Gasteiger partial charge in [-0.2, -0.15) is 5.10 Å². The van der Waals surface area contributed by atoms with Gasteiger partial charge in [0.25, 0.3) is 11.5 Å². The van der Waals surface area contributed by atoms with Crippen LogP contribution in [0.4, 0.5) is 0 Å². The zero-order valence-electron chi connectivity index (χ0n) is 17.2. The Morgan fingerprint density at radius 3 is 2.30 bits per heavy atom. The van der Waals surface area contributed by atoms with Crippen LogP contribution < -0.4 is 10.7 Å². The molecule has 2 aromatic carbocycles. The van der Waals surface area contributed by atoms with Gasteiger partial charge < -0.3 is 4.90 Å². The minimum atomic E-state index is -3.86. The van der Waals surface area contributed by atoms with E-state index in [0.717, 1.165) is 0 Å². The smallest absolute Gasteiger partial charge is 0.275 e. The van der Waals surface area contributed by atoms with Crippen molar-refractivity contribution < 1.29 is 13.2 Å². The highest BCUT2D eigenvalue weighted by atomic mass is 32.2. The Hall–Kier alpha value is -3.04. The first-order valence-corrected chi connectivity index (χ1v) is 11.0. The Bertz CT molecular complexity index is 1280. The number of rotatable bonds is 5. The molecule has 0 saturated heterocycles. The van der Waals surface area contributed by atoms with Crippen molar-refractivity contribution in [3.05, 3.63) is 70.1 Å². The molecule has 3 rings (SSSR count). The third-order valence-electron chi connectivity index (χ3n) is 5.09. The topological polar surface area (TPSA) is 115 Å². The van der Waals surface area contributed by atoms with Gasteiger partial charge in [0.15, 0.2) is 5.69 Å². The maximum Gasteiger partial charge on any atom is 0.275 e. The molecule has 9 heteroatoms. The van der Waals surface area contributed by atoms with E-state index >= 15 is 0 Å². The van der Waals surface area contributed by atoms with Crippen LogP contribution in [0.3, 0.4) is 0 Å². The Morgan fingerprint density at radius 2 is 1.70 bits per heavy atom. The molecular weight excluding hydrogens is 404 g/mol. The van der Waals surface area contributed by atoms with E-state index in [9.17, 15) is 18.0 Å². The maximum absolute atomic E-state index is 13.3. The Kier molecular flexibility index (Phi) is 5.78. The van der Waals surface area contributed by atoms with Crippen LogP contribution in [0.15, 0.2) is 58.2 Å². The molecule has 0 spiro atoms. The molecule has 0 aliphatic carbocycles. The first kappa shape index (κ1) is 21.7. The highest BCUT2D eigenvalue weighted by Gasteiger charge is 2.25. The molecule has 2 N–H and O–H groups in total. The summed E-state index contributed by atoms with van der Waals surface area (Å²) in [6.45, 7) is 5.42. The number of primary sulfonamides is 1. The third-order valence-corrected chi connectivity index (χ3v) is 6.00. The summed E-state index contributed by atoms with van der Waals surface area (Å²) in [7, 11) is -2.25. The van der Waals surface area contributed by atoms with Crippen LogP contribution in [0, 0.1) is 0 Å². The fraction of sp³-hybridized carbons (Fsp3) is 0.286. The molecule has 1 atom stereocenters. The zero-order valence-corrected chi connectivity index (χ0v) is 18.1. The van der Waals surface area contributed by atoms with Gasteiger partial charge in [-0.1, -0.05) is 30.3 Å². The average Bonchev–Trinajstić information content (AvgIpc) is 2.72. The summed E-state index contributed by atoms with van der Waals surface area (Å²) in [6.07, 6.45) is 0. The Balaban J connectivity index is 2.08. The summed E-state index contributed by atoms with van der Waals surface area (Å²) in [5.74, 6) is -0.380. The molecule has 0 aliphatic rings. The molecule has 0 saturated carbocycles. The van der Waals surface area contributed by atoms with Crippen molar-refractivity contribution >= 4 is 26.7 Å². The van der Waals surface area contributed by atoms with Crippen molar-refractivity contribution in [1.29, 1.82) is 0 Å². The molecule has 158 valence electrons. The van der Waals surface area contributed by atoms with E-state index in [1.54, 1.807) is 50.4 Å².